The highest BCUT2D eigenvalue weighted by Crippen LogP contribution is 2.25. The van der Waals surface area contributed by atoms with Crippen molar-refractivity contribution in [1.29, 1.82) is 0 Å². The van der Waals surface area contributed by atoms with E-state index in [0.29, 0.717) is 18.7 Å². The predicted octanol–water partition coefficient (Wildman–Crippen LogP) is 6.26. The molecule has 38 heavy (non-hydrogen) atoms. The molecule has 1 rings (SSSR count). The van der Waals surface area contributed by atoms with Gasteiger partial charge in [0.1, 0.15) is 17.7 Å². The third kappa shape index (κ3) is 12.1. The maximum atomic E-state index is 14.2. The zero-order chi connectivity index (χ0) is 28.7. The van der Waals surface area contributed by atoms with Crippen LogP contribution in [0.5, 0.6) is 0 Å². The molecule has 0 aromatic heterocycles. The third-order valence-electron chi connectivity index (χ3n) is 6.26. The van der Waals surface area contributed by atoms with Gasteiger partial charge in [-0.25, -0.2) is 4.79 Å². The number of hydrogen-bond acceptors (Lipinski definition) is 5. The van der Waals surface area contributed by atoms with Crippen LogP contribution in [0.3, 0.4) is 0 Å². The molecule has 3 unspecified atom stereocenters. The smallest absolute Gasteiger partial charge is 0.408 e. The standard InChI is InChI=1S/C30H51N3O4S/c1-9-12-13-20-33(28(35)25(19-21-38-8)32-29(36)37-30(5,6)7)26(27(34)31-22(4)14-10-2)24-17-15-23(11-3)16-18-24/h15-18,22,25-26H,9-14,19-21H2,1-8H3,(H,31,34)(H,32,36). The molecule has 2 N–H and O–H groups in total. The third-order valence-corrected chi connectivity index (χ3v) is 6.90. The molecule has 3 amide bonds. The molecular weight excluding hydrogens is 498 g/mol. The summed E-state index contributed by atoms with van der Waals surface area (Å²) in [5.74, 6) is 0.231. The first-order chi connectivity index (χ1) is 18.0. The van der Waals surface area contributed by atoms with Gasteiger partial charge in [-0.15, -0.1) is 0 Å². The topological polar surface area (TPSA) is 87.7 Å². The lowest BCUT2D eigenvalue weighted by Crippen LogP contribution is -2.54. The number of amides is 3. The number of nitrogens with zero attached hydrogens (tertiary/aromatic N) is 1. The average Bonchev–Trinajstić information content (AvgIpc) is 2.84. The molecule has 0 aliphatic rings. The average molecular weight is 550 g/mol. The zero-order valence-electron chi connectivity index (χ0n) is 24.9. The normalized spacial score (nSPS) is 13.8. The first-order valence-corrected chi connectivity index (χ1v) is 15.5. The molecule has 1 aromatic rings. The Kier molecular flexibility index (Phi) is 15.5. The molecule has 0 bridgehead atoms. The van der Waals surface area contributed by atoms with Crippen LogP contribution in [0, 0.1) is 0 Å². The van der Waals surface area contributed by atoms with E-state index in [2.05, 4.69) is 31.4 Å². The van der Waals surface area contributed by atoms with Crippen molar-refractivity contribution < 1.29 is 19.1 Å². The molecule has 0 aliphatic carbocycles. The van der Waals surface area contributed by atoms with Crippen LogP contribution < -0.4 is 10.6 Å². The Morgan fingerprint density at radius 3 is 2.16 bits per heavy atom. The van der Waals surface area contributed by atoms with Crippen molar-refractivity contribution in [3.8, 4) is 0 Å². The van der Waals surface area contributed by atoms with Crippen LogP contribution in [0.4, 0.5) is 4.79 Å². The number of hydrogen-bond donors (Lipinski definition) is 2. The van der Waals surface area contributed by atoms with E-state index in [-0.39, 0.29) is 17.9 Å². The molecule has 216 valence electrons. The summed E-state index contributed by atoms with van der Waals surface area (Å²) in [6.07, 6.45) is 7.17. The fourth-order valence-corrected chi connectivity index (χ4v) is 4.75. The number of alkyl carbamates (subject to hydrolysis) is 1. The molecule has 0 heterocycles. The summed E-state index contributed by atoms with van der Waals surface area (Å²) in [6.45, 7) is 14.1. The molecule has 1 aromatic carbocycles. The molecule has 7 nitrogen and oxygen atoms in total. The van der Waals surface area contributed by atoms with Gasteiger partial charge in [0.2, 0.25) is 11.8 Å². The summed E-state index contributed by atoms with van der Waals surface area (Å²) >= 11 is 1.61. The van der Waals surface area contributed by atoms with Crippen molar-refractivity contribution in [2.45, 2.75) is 117 Å². The lowest BCUT2D eigenvalue weighted by Gasteiger charge is -2.35. The van der Waals surface area contributed by atoms with Crippen LogP contribution in [0.25, 0.3) is 0 Å². The maximum Gasteiger partial charge on any atom is 0.408 e. The van der Waals surface area contributed by atoms with Crippen LogP contribution in [0.15, 0.2) is 24.3 Å². The SMILES string of the molecule is CCCCCN(C(=O)C(CCSC)NC(=O)OC(C)(C)C)C(C(=O)NC(C)CCC)c1ccc(CC)cc1. The summed E-state index contributed by atoms with van der Waals surface area (Å²) in [5, 5.41) is 5.94. The molecule has 3 atom stereocenters. The van der Waals surface area contributed by atoms with E-state index in [1.807, 2.05) is 37.4 Å². The Balaban J connectivity index is 3.48. The number of nitrogens with one attached hydrogen (secondary N) is 2. The highest BCUT2D eigenvalue weighted by molar-refractivity contribution is 7.98. The fourth-order valence-electron chi connectivity index (χ4n) is 4.28. The Morgan fingerprint density at radius 1 is 0.974 bits per heavy atom. The minimum Gasteiger partial charge on any atom is -0.444 e. The molecule has 8 heteroatoms. The van der Waals surface area contributed by atoms with E-state index >= 15 is 0 Å². The second-order valence-corrected chi connectivity index (χ2v) is 11.9. The van der Waals surface area contributed by atoms with E-state index < -0.39 is 23.8 Å². The Hall–Kier alpha value is -2.22. The lowest BCUT2D eigenvalue weighted by atomic mass is 9.99. The van der Waals surface area contributed by atoms with Gasteiger partial charge in [-0.05, 0) is 76.5 Å². The second-order valence-electron chi connectivity index (χ2n) is 10.9. The van der Waals surface area contributed by atoms with Crippen LogP contribution in [-0.2, 0) is 20.7 Å². The van der Waals surface area contributed by atoms with E-state index in [4.69, 9.17) is 4.74 Å². The van der Waals surface area contributed by atoms with Crippen molar-refractivity contribution in [3.63, 3.8) is 0 Å². The van der Waals surface area contributed by atoms with Gasteiger partial charge in [-0.2, -0.15) is 11.8 Å². The fraction of sp³-hybridized carbons (Fsp3) is 0.700. The van der Waals surface area contributed by atoms with E-state index in [1.54, 1.807) is 37.4 Å². The van der Waals surface area contributed by atoms with Gasteiger partial charge in [0.05, 0.1) is 0 Å². The number of carbonyl (C=O) groups is 3. The first kappa shape index (κ1) is 33.8. The van der Waals surface area contributed by atoms with E-state index in [0.717, 1.165) is 44.1 Å². The largest absolute Gasteiger partial charge is 0.444 e. The van der Waals surface area contributed by atoms with Gasteiger partial charge >= 0.3 is 6.09 Å². The Labute approximate surface area is 235 Å². The van der Waals surface area contributed by atoms with Crippen molar-refractivity contribution in [2.24, 2.45) is 0 Å². The Morgan fingerprint density at radius 2 is 1.63 bits per heavy atom. The summed E-state index contributed by atoms with van der Waals surface area (Å²) in [4.78, 5) is 42.3. The molecule has 0 spiro atoms. The van der Waals surface area contributed by atoms with Gasteiger partial charge in [0, 0.05) is 12.6 Å². The molecule has 0 radical (unpaired) electrons. The highest BCUT2D eigenvalue weighted by Gasteiger charge is 2.36. The summed E-state index contributed by atoms with van der Waals surface area (Å²) in [5.41, 5.74) is 1.26. The predicted molar refractivity (Wildman–Crippen MR) is 158 cm³/mol. The molecule has 0 saturated heterocycles. The number of unbranched alkanes of at least 4 members (excludes halogenated alkanes) is 2. The first-order valence-electron chi connectivity index (χ1n) is 14.1. The maximum absolute atomic E-state index is 14.2. The molecular formula is C30H51N3O4S. The van der Waals surface area contributed by atoms with Gasteiger partial charge in [-0.3, -0.25) is 9.59 Å². The minimum absolute atomic E-state index is 0.00955. The van der Waals surface area contributed by atoms with Gasteiger partial charge in [-0.1, -0.05) is 64.3 Å². The highest BCUT2D eigenvalue weighted by atomic mass is 32.2. The summed E-state index contributed by atoms with van der Waals surface area (Å²) in [7, 11) is 0. The monoisotopic (exact) mass is 549 g/mol. The van der Waals surface area contributed by atoms with E-state index in [1.165, 1.54) is 5.56 Å². The second kappa shape index (κ2) is 17.4. The number of benzene rings is 1. The summed E-state index contributed by atoms with van der Waals surface area (Å²) < 4.78 is 5.47. The molecule has 0 aliphatic heterocycles. The van der Waals surface area contributed by atoms with Crippen LogP contribution in [0.2, 0.25) is 0 Å². The number of rotatable bonds is 16. The number of thioether (sulfide) groups is 1. The van der Waals surface area contributed by atoms with E-state index in [9.17, 15) is 14.4 Å². The lowest BCUT2D eigenvalue weighted by molar-refractivity contribution is -0.143. The van der Waals surface area contributed by atoms with Gasteiger partial charge in [0.15, 0.2) is 0 Å². The van der Waals surface area contributed by atoms with Gasteiger partial charge in [0.25, 0.3) is 0 Å². The van der Waals surface area contributed by atoms with Crippen LogP contribution in [-0.4, -0.2) is 59.0 Å². The number of carbonyl (C=O) groups excluding carboxylic acids is 3. The summed E-state index contributed by atoms with van der Waals surface area (Å²) in [6, 6.07) is 6.34. The van der Waals surface area contributed by atoms with Crippen molar-refractivity contribution >= 4 is 29.7 Å². The zero-order valence-corrected chi connectivity index (χ0v) is 25.7. The van der Waals surface area contributed by atoms with Crippen molar-refractivity contribution in [1.82, 2.24) is 15.5 Å². The minimum atomic E-state index is -0.794. The van der Waals surface area contributed by atoms with Gasteiger partial charge < -0.3 is 20.3 Å². The quantitative estimate of drug-likeness (QED) is 0.238. The van der Waals surface area contributed by atoms with Crippen molar-refractivity contribution in [3.05, 3.63) is 35.4 Å². The van der Waals surface area contributed by atoms with Crippen LogP contribution >= 0.6 is 11.8 Å². The number of aryl methyl sites for hydroxylation is 1. The molecule has 0 fully saturated rings. The Bertz CT molecular complexity index is 854. The van der Waals surface area contributed by atoms with Crippen LogP contribution in [0.1, 0.15) is 104 Å². The number of ether oxygens (including phenoxy) is 1. The van der Waals surface area contributed by atoms with Crippen molar-refractivity contribution in [2.75, 3.05) is 18.6 Å². The molecule has 0 saturated carbocycles.